The minimum atomic E-state index is -4.88. The third kappa shape index (κ3) is 3.75. The maximum absolute atomic E-state index is 11.0. The number of nitriles is 1. The predicted octanol–water partition coefficient (Wildman–Crippen LogP) is -1.52. The van der Waals surface area contributed by atoms with Crippen molar-refractivity contribution in [3.05, 3.63) is 24.3 Å². The molecule has 0 amide bonds. The molecule has 0 unspecified atom stereocenters. The van der Waals surface area contributed by atoms with Gasteiger partial charge in [0.25, 0.3) is 0 Å². The average molecular weight is 311 g/mol. The van der Waals surface area contributed by atoms with Crippen molar-refractivity contribution in [2.45, 2.75) is 0 Å². The summed E-state index contributed by atoms with van der Waals surface area (Å²) in [5.41, 5.74) is 7.67. The van der Waals surface area contributed by atoms with Gasteiger partial charge >= 0.3 is 105 Å². The zero-order valence-electron chi connectivity index (χ0n) is 9.03. The Morgan fingerprint density at radius 1 is 1.44 bits per heavy atom. The number of benzene rings is 1. The van der Waals surface area contributed by atoms with Crippen LogP contribution >= 0.6 is 0 Å². The van der Waals surface area contributed by atoms with Crippen LogP contribution in [0.25, 0.3) is 0 Å². The van der Waals surface area contributed by atoms with Gasteiger partial charge in [-0.05, 0) is 0 Å². The van der Waals surface area contributed by atoms with Gasteiger partial charge in [-0.3, -0.25) is 0 Å². The number of rotatable bonds is 4. The molecule has 1 aromatic carbocycles. The first-order chi connectivity index (χ1) is 8.34. The minimum absolute atomic E-state index is 0.0604. The van der Waals surface area contributed by atoms with Gasteiger partial charge < -0.3 is 0 Å². The Bertz CT molecular complexity index is 569. The van der Waals surface area contributed by atoms with Crippen LogP contribution in [0.1, 0.15) is 0 Å². The van der Waals surface area contributed by atoms with Gasteiger partial charge in [0.1, 0.15) is 0 Å². The molecule has 9 heteroatoms. The molecule has 0 saturated heterocycles. The third-order valence-corrected chi connectivity index (χ3v) is 3.90. The van der Waals surface area contributed by atoms with Crippen LogP contribution in [0.2, 0.25) is 0 Å². The Morgan fingerprint density at radius 3 is 2.39 bits per heavy atom. The van der Waals surface area contributed by atoms with Gasteiger partial charge in [-0.15, -0.1) is 0 Å². The molecular weight excluding hydrogens is 301 g/mol. The second-order valence-corrected chi connectivity index (χ2v) is 6.55. The van der Waals surface area contributed by atoms with Crippen LogP contribution in [0.15, 0.2) is 29.4 Å². The number of hydrogen-bond acceptors (Lipinski definition) is 5. The molecule has 94 valence electrons. The van der Waals surface area contributed by atoms with Gasteiger partial charge in [-0.1, -0.05) is 0 Å². The Hall–Kier alpha value is -2.07. The predicted molar refractivity (Wildman–Crippen MR) is 65.5 cm³/mol. The fraction of sp³-hybridized carbons (Fsp3) is 0. The van der Waals surface area contributed by atoms with Crippen molar-refractivity contribution in [1.82, 2.24) is 0 Å². The fourth-order valence-corrected chi connectivity index (χ4v) is 2.12. The summed E-state index contributed by atoms with van der Waals surface area (Å²) in [5.74, 6) is -0.472. The van der Waals surface area contributed by atoms with Crippen LogP contribution in [-0.4, -0.2) is 33.9 Å². The van der Waals surface area contributed by atoms with E-state index in [1.54, 1.807) is 6.07 Å². The van der Waals surface area contributed by atoms with E-state index in [0.29, 0.717) is 5.69 Å². The quantitative estimate of drug-likeness (QED) is 0.197. The molecule has 6 N–H and O–H groups in total. The molecule has 0 radical (unpaired) electrons. The molecule has 0 bridgehead atoms. The third-order valence-electron chi connectivity index (χ3n) is 1.86. The zero-order chi connectivity index (χ0) is 13.8. The normalized spacial score (nSPS) is 11.7. The summed E-state index contributed by atoms with van der Waals surface area (Å²) < 4.78 is 28.8. The molecule has 0 aliphatic heterocycles. The van der Waals surface area contributed by atoms with E-state index in [1.165, 1.54) is 24.3 Å². The van der Waals surface area contributed by atoms with E-state index >= 15 is 0 Å². The van der Waals surface area contributed by atoms with Crippen molar-refractivity contribution in [2.24, 2.45) is 10.8 Å². The van der Waals surface area contributed by atoms with Crippen molar-refractivity contribution in [1.29, 1.82) is 10.7 Å². The van der Waals surface area contributed by atoms with E-state index in [-0.39, 0.29) is 10.1 Å². The van der Waals surface area contributed by atoms with Gasteiger partial charge in [0.05, 0.1) is 0 Å². The van der Waals surface area contributed by atoms with Gasteiger partial charge in [0, 0.05) is 0 Å². The summed E-state index contributed by atoms with van der Waals surface area (Å²) in [6.07, 6.45) is 0. The molecule has 0 aliphatic rings. The molecule has 0 atom stereocenters. The summed E-state index contributed by atoms with van der Waals surface area (Å²) in [5, 5.41) is 19.2. The van der Waals surface area contributed by atoms with Crippen LogP contribution in [0.3, 0.4) is 0 Å². The molecule has 18 heavy (non-hydrogen) atoms. The van der Waals surface area contributed by atoms with Crippen molar-refractivity contribution in [3.8, 4) is 6.07 Å². The SMILES string of the molecule is N#C/C(=N\Nc1ccc([As](=O)(O)O)cc1)C(=N)N. The van der Waals surface area contributed by atoms with Crippen LogP contribution in [0.5, 0.6) is 0 Å². The number of nitrogens with one attached hydrogen (secondary N) is 2. The van der Waals surface area contributed by atoms with Crippen molar-refractivity contribution >= 4 is 35.8 Å². The molecule has 1 aromatic rings. The van der Waals surface area contributed by atoms with E-state index < -0.39 is 20.0 Å². The molecule has 0 aromatic heterocycles. The number of nitrogens with two attached hydrogens (primary N) is 1. The zero-order valence-corrected chi connectivity index (χ0v) is 10.9. The van der Waals surface area contributed by atoms with E-state index in [9.17, 15) is 3.74 Å². The van der Waals surface area contributed by atoms with Crippen LogP contribution in [-0.2, 0) is 3.74 Å². The van der Waals surface area contributed by atoms with Gasteiger partial charge in [0.15, 0.2) is 0 Å². The van der Waals surface area contributed by atoms with Gasteiger partial charge in [0.2, 0.25) is 0 Å². The Labute approximate surface area is 105 Å². The number of hydrazone groups is 1. The monoisotopic (exact) mass is 311 g/mol. The van der Waals surface area contributed by atoms with Crippen LogP contribution < -0.4 is 15.5 Å². The number of anilines is 1. The molecule has 0 spiro atoms. The molecule has 0 saturated carbocycles. The van der Waals surface area contributed by atoms with E-state index in [0.717, 1.165) is 0 Å². The second kappa shape index (κ2) is 5.51. The second-order valence-electron chi connectivity index (χ2n) is 3.19. The van der Waals surface area contributed by atoms with Crippen molar-refractivity contribution < 1.29 is 11.9 Å². The standard InChI is InChI=1S/C9H10AsN5O3/c11-5-8(9(12)13)15-14-7-3-1-6(2-4-7)10(16,17)18/h1-4,14H,(H3,12,13)(H2,16,17,18)/b15-8+. The maximum atomic E-state index is 11.0. The topological polar surface area (TPSA) is 156 Å². The van der Waals surface area contributed by atoms with Crippen molar-refractivity contribution in [2.75, 3.05) is 5.43 Å². The first-order valence-electron chi connectivity index (χ1n) is 4.59. The molecule has 0 fully saturated rings. The summed E-state index contributed by atoms with van der Waals surface area (Å²) in [6.45, 7) is 0. The summed E-state index contributed by atoms with van der Waals surface area (Å²) in [6, 6.07) is 6.94. The summed E-state index contributed by atoms with van der Waals surface area (Å²) in [4.78, 5) is 0. The fourth-order valence-electron chi connectivity index (χ4n) is 0.996. The number of nitrogens with zero attached hydrogens (tertiary/aromatic N) is 2. The molecule has 0 aliphatic carbocycles. The van der Waals surface area contributed by atoms with Gasteiger partial charge in [-0.25, -0.2) is 0 Å². The number of amidine groups is 1. The van der Waals surface area contributed by atoms with Crippen LogP contribution in [0.4, 0.5) is 5.69 Å². The molecular formula is C9H10AsN5O3. The average Bonchev–Trinajstić information content (AvgIpc) is 2.29. The summed E-state index contributed by atoms with van der Waals surface area (Å²) >= 11 is -4.88. The van der Waals surface area contributed by atoms with E-state index in [1.807, 2.05) is 0 Å². The molecule has 8 nitrogen and oxygen atoms in total. The molecule has 0 heterocycles. The van der Waals surface area contributed by atoms with Gasteiger partial charge in [-0.2, -0.15) is 0 Å². The molecule has 1 rings (SSSR count). The Morgan fingerprint density at radius 2 is 2.00 bits per heavy atom. The van der Waals surface area contributed by atoms with E-state index in [4.69, 9.17) is 24.6 Å². The van der Waals surface area contributed by atoms with Crippen molar-refractivity contribution in [3.63, 3.8) is 0 Å². The Kier molecular flexibility index (Phi) is 4.28. The Balaban J connectivity index is 2.86. The first kappa shape index (κ1) is 14.0. The summed E-state index contributed by atoms with van der Waals surface area (Å²) in [7, 11) is 0. The number of hydrogen-bond donors (Lipinski definition) is 5. The first-order valence-corrected chi connectivity index (χ1v) is 7.97. The van der Waals surface area contributed by atoms with Crippen LogP contribution in [0, 0.1) is 16.7 Å². The van der Waals surface area contributed by atoms with E-state index in [2.05, 4.69) is 10.5 Å².